The Morgan fingerprint density at radius 2 is 1.65 bits per heavy atom. The fraction of sp³-hybridized carbons (Fsp3) is 0.467. The average molecular weight is 233 g/mol. The highest BCUT2D eigenvalue weighted by Gasteiger charge is 1.98. The van der Waals surface area contributed by atoms with Gasteiger partial charge < -0.3 is 0 Å². The van der Waals surface area contributed by atoms with Gasteiger partial charge >= 0.3 is 0 Å². The van der Waals surface area contributed by atoms with Gasteiger partial charge in [-0.05, 0) is 50.2 Å². The van der Waals surface area contributed by atoms with Gasteiger partial charge in [0.25, 0.3) is 0 Å². The lowest BCUT2D eigenvalue weighted by atomic mass is 10.2. The smallest absolute Gasteiger partial charge is 0.123 e. The van der Waals surface area contributed by atoms with Gasteiger partial charge in [0.15, 0.2) is 0 Å². The number of nitrogens with zero attached hydrogens (tertiary/aromatic N) is 1. The van der Waals surface area contributed by atoms with Crippen LogP contribution in [0.25, 0.3) is 0 Å². The minimum atomic E-state index is -0.214. The second-order valence-corrected chi connectivity index (χ2v) is 4.08. The van der Waals surface area contributed by atoms with Crippen LogP contribution in [0.3, 0.4) is 0 Å². The molecule has 0 fully saturated rings. The molecule has 0 radical (unpaired) electrons. The van der Waals surface area contributed by atoms with Gasteiger partial charge in [0.1, 0.15) is 5.82 Å². The van der Waals surface area contributed by atoms with Crippen LogP contribution in [0, 0.1) is 17.7 Å². The van der Waals surface area contributed by atoms with E-state index >= 15 is 0 Å². The summed E-state index contributed by atoms with van der Waals surface area (Å²) in [5, 5.41) is 0. The molecule has 0 bridgehead atoms. The molecule has 1 nitrogen and oxygen atoms in total. The molecule has 1 rings (SSSR count). The summed E-state index contributed by atoms with van der Waals surface area (Å²) in [6.07, 6.45) is 2.30. The molecule has 0 atom stereocenters. The minimum Gasteiger partial charge on any atom is -0.292 e. The lowest BCUT2D eigenvalue weighted by molar-refractivity contribution is 0.308. The molecular formula is C15H20FN. The first-order valence-electron chi connectivity index (χ1n) is 6.23. The molecule has 0 aromatic heterocycles. The van der Waals surface area contributed by atoms with Crippen LogP contribution < -0.4 is 0 Å². The summed E-state index contributed by atoms with van der Waals surface area (Å²) in [6.45, 7) is 7.32. The van der Waals surface area contributed by atoms with E-state index in [0.29, 0.717) is 0 Å². The average Bonchev–Trinajstić information content (AvgIpc) is 2.32. The van der Waals surface area contributed by atoms with Crippen molar-refractivity contribution in [2.24, 2.45) is 0 Å². The maximum Gasteiger partial charge on any atom is 0.123 e. The zero-order chi connectivity index (χ0) is 12.5. The maximum atomic E-state index is 12.7. The van der Waals surface area contributed by atoms with E-state index in [4.69, 9.17) is 0 Å². The SMILES string of the molecule is CCCN(CC#Cc1ccc(F)cc1)CCC. The predicted octanol–water partition coefficient (Wildman–Crippen LogP) is 3.30. The fourth-order valence-corrected chi connectivity index (χ4v) is 1.69. The lowest BCUT2D eigenvalue weighted by Gasteiger charge is -2.17. The zero-order valence-corrected chi connectivity index (χ0v) is 10.7. The van der Waals surface area contributed by atoms with Crippen molar-refractivity contribution in [1.82, 2.24) is 4.90 Å². The topological polar surface area (TPSA) is 3.24 Å². The second kappa shape index (κ2) is 7.86. The first kappa shape index (κ1) is 13.7. The Morgan fingerprint density at radius 3 is 2.18 bits per heavy atom. The van der Waals surface area contributed by atoms with Gasteiger partial charge in [-0.25, -0.2) is 4.39 Å². The molecule has 0 amide bonds. The number of hydrogen-bond donors (Lipinski definition) is 0. The molecule has 0 spiro atoms. The van der Waals surface area contributed by atoms with Crippen molar-refractivity contribution < 1.29 is 4.39 Å². The van der Waals surface area contributed by atoms with Crippen LogP contribution in [0.4, 0.5) is 4.39 Å². The normalized spacial score (nSPS) is 10.1. The van der Waals surface area contributed by atoms with Crippen LogP contribution in [0.1, 0.15) is 32.3 Å². The summed E-state index contributed by atoms with van der Waals surface area (Å²) in [7, 11) is 0. The molecule has 0 unspecified atom stereocenters. The van der Waals surface area contributed by atoms with E-state index < -0.39 is 0 Å². The van der Waals surface area contributed by atoms with Gasteiger partial charge in [-0.2, -0.15) is 0 Å². The van der Waals surface area contributed by atoms with E-state index in [9.17, 15) is 4.39 Å². The van der Waals surface area contributed by atoms with E-state index in [0.717, 1.165) is 38.0 Å². The monoisotopic (exact) mass is 233 g/mol. The molecule has 0 aliphatic carbocycles. The highest BCUT2D eigenvalue weighted by atomic mass is 19.1. The van der Waals surface area contributed by atoms with Crippen molar-refractivity contribution >= 4 is 0 Å². The quantitative estimate of drug-likeness (QED) is 0.705. The molecule has 0 saturated heterocycles. The van der Waals surface area contributed by atoms with Crippen molar-refractivity contribution in [2.45, 2.75) is 26.7 Å². The Labute approximate surface area is 104 Å². The minimum absolute atomic E-state index is 0.214. The van der Waals surface area contributed by atoms with E-state index in [2.05, 4.69) is 30.6 Å². The molecule has 92 valence electrons. The Morgan fingerprint density at radius 1 is 1.06 bits per heavy atom. The Kier molecular flexibility index (Phi) is 6.35. The van der Waals surface area contributed by atoms with E-state index in [-0.39, 0.29) is 5.82 Å². The summed E-state index contributed by atoms with van der Waals surface area (Å²) >= 11 is 0. The summed E-state index contributed by atoms with van der Waals surface area (Å²) in [4.78, 5) is 2.34. The molecular weight excluding hydrogens is 213 g/mol. The van der Waals surface area contributed by atoms with E-state index in [1.165, 1.54) is 12.1 Å². The molecule has 1 aromatic carbocycles. The third-order valence-corrected chi connectivity index (χ3v) is 2.46. The highest BCUT2D eigenvalue weighted by molar-refractivity contribution is 5.34. The van der Waals surface area contributed by atoms with Crippen molar-refractivity contribution in [3.05, 3.63) is 35.6 Å². The number of hydrogen-bond acceptors (Lipinski definition) is 1. The van der Waals surface area contributed by atoms with E-state index in [1.807, 2.05) is 0 Å². The summed E-state index contributed by atoms with van der Waals surface area (Å²) in [5.41, 5.74) is 0.874. The van der Waals surface area contributed by atoms with Crippen LogP contribution in [0.2, 0.25) is 0 Å². The molecule has 2 heteroatoms. The summed E-state index contributed by atoms with van der Waals surface area (Å²) < 4.78 is 12.7. The molecule has 0 N–H and O–H groups in total. The molecule has 1 aromatic rings. The third-order valence-electron chi connectivity index (χ3n) is 2.46. The fourth-order valence-electron chi connectivity index (χ4n) is 1.69. The van der Waals surface area contributed by atoms with Crippen molar-refractivity contribution in [3.63, 3.8) is 0 Å². The molecule has 17 heavy (non-hydrogen) atoms. The summed E-state index contributed by atoms with van der Waals surface area (Å²) in [6, 6.07) is 6.32. The Hall–Kier alpha value is -1.33. The van der Waals surface area contributed by atoms with Crippen LogP contribution in [0.5, 0.6) is 0 Å². The van der Waals surface area contributed by atoms with Gasteiger partial charge in [0, 0.05) is 5.56 Å². The standard InChI is InChI=1S/C15H20FN/c1-3-11-17(12-4-2)13-5-6-14-7-9-15(16)10-8-14/h7-10H,3-4,11-13H2,1-2H3. The van der Waals surface area contributed by atoms with Crippen molar-refractivity contribution in [2.75, 3.05) is 19.6 Å². The van der Waals surface area contributed by atoms with E-state index in [1.54, 1.807) is 12.1 Å². The van der Waals surface area contributed by atoms with Crippen LogP contribution in [-0.2, 0) is 0 Å². The second-order valence-electron chi connectivity index (χ2n) is 4.08. The number of benzene rings is 1. The van der Waals surface area contributed by atoms with Gasteiger partial charge in [0.05, 0.1) is 6.54 Å². The molecule has 0 aliphatic rings. The first-order chi connectivity index (χ1) is 8.26. The van der Waals surface area contributed by atoms with Crippen molar-refractivity contribution in [3.8, 4) is 11.8 Å². The maximum absolute atomic E-state index is 12.7. The van der Waals surface area contributed by atoms with Gasteiger partial charge in [-0.1, -0.05) is 25.7 Å². The number of rotatable bonds is 5. The van der Waals surface area contributed by atoms with Crippen molar-refractivity contribution in [1.29, 1.82) is 0 Å². The lowest BCUT2D eigenvalue weighted by Crippen LogP contribution is -2.25. The molecule has 0 aliphatic heterocycles. The number of halogens is 1. The predicted molar refractivity (Wildman–Crippen MR) is 70.3 cm³/mol. The third kappa shape index (κ3) is 5.51. The Balaban J connectivity index is 2.50. The Bertz CT molecular complexity index is 366. The van der Waals surface area contributed by atoms with Crippen LogP contribution >= 0.6 is 0 Å². The van der Waals surface area contributed by atoms with Crippen LogP contribution in [-0.4, -0.2) is 24.5 Å². The van der Waals surface area contributed by atoms with Gasteiger partial charge in [-0.3, -0.25) is 4.90 Å². The zero-order valence-electron chi connectivity index (χ0n) is 10.7. The van der Waals surface area contributed by atoms with Gasteiger partial charge in [0.2, 0.25) is 0 Å². The van der Waals surface area contributed by atoms with Crippen LogP contribution in [0.15, 0.2) is 24.3 Å². The molecule has 0 saturated carbocycles. The first-order valence-corrected chi connectivity index (χ1v) is 6.23. The van der Waals surface area contributed by atoms with Gasteiger partial charge in [-0.15, -0.1) is 0 Å². The summed E-state index contributed by atoms with van der Waals surface area (Å²) in [5.74, 6) is 5.99. The largest absolute Gasteiger partial charge is 0.292 e. The highest BCUT2D eigenvalue weighted by Crippen LogP contribution is 2.00. The molecule has 0 heterocycles.